The van der Waals surface area contributed by atoms with Crippen molar-refractivity contribution >= 4 is 36.0 Å². The molecule has 1 saturated heterocycles. The fourth-order valence-electron chi connectivity index (χ4n) is 2.88. The molecule has 0 aromatic heterocycles. The number of hydrogen-bond acceptors (Lipinski definition) is 4. The normalized spacial score (nSPS) is 30.1. The van der Waals surface area contributed by atoms with E-state index < -0.39 is 0 Å². The average Bonchev–Trinajstić information content (AvgIpc) is 2.40. The van der Waals surface area contributed by atoms with Crippen LogP contribution >= 0.6 is 24.2 Å². The number of thioether (sulfide) groups is 1. The van der Waals surface area contributed by atoms with Crippen LogP contribution in [0.5, 0.6) is 0 Å². The Balaban J connectivity index is 0.00000200. The Kier molecular flexibility index (Phi) is 7.69. The molecule has 20 heavy (non-hydrogen) atoms. The molecule has 0 bridgehead atoms. The molecule has 1 aliphatic heterocycles. The third-order valence-electron chi connectivity index (χ3n) is 3.91. The van der Waals surface area contributed by atoms with E-state index in [1.807, 2.05) is 11.8 Å². The molecule has 1 aliphatic carbocycles. The molecule has 116 valence electrons. The topological polar surface area (TPSA) is 84.2 Å². The number of primary amides is 1. The van der Waals surface area contributed by atoms with Gasteiger partial charge in [0.25, 0.3) is 0 Å². The number of nitrogens with two attached hydrogens (primary N) is 1. The second-order valence-corrected chi connectivity index (χ2v) is 6.55. The van der Waals surface area contributed by atoms with Crippen LogP contribution in [0.4, 0.5) is 0 Å². The van der Waals surface area contributed by atoms with Crippen LogP contribution < -0.4 is 16.4 Å². The standard InChI is InChI=1S/C13H23N3O2S.ClH/c14-13(18)10-3-1-2-4-11(10)16-12(17)7-9-8-19-6-5-15-9;/h9-11,15H,1-8H2,(H2,14,18)(H,16,17);1H. The highest BCUT2D eigenvalue weighted by atomic mass is 35.5. The molecule has 2 fully saturated rings. The minimum absolute atomic E-state index is 0. The number of amides is 2. The third-order valence-corrected chi connectivity index (χ3v) is 5.04. The summed E-state index contributed by atoms with van der Waals surface area (Å²) in [6.07, 6.45) is 4.26. The van der Waals surface area contributed by atoms with Crippen molar-refractivity contribution in [2.75, 3.05) is 18.1 Å². The Morgan fingerprint density at radius 3 is 2.70 bits per heavy atom. The first kappa shape index (κ1) is 17.6. The van der Waals surface area contributed by atoms with Gasteiger partial charge in [-0.3, -0.25) is 9.59 Å². The van der Waals surface area contributed by atoms with Gasteiger partial charge in [0.15, 0.2) is 0 Å². The predicted molar refractivity (Wildman–Crippen MR) is 84.1 cm³/mol. The molecule has 1 saturated carbocycles. The zero-order chi connectivity index (χ0) is 13.7. The number of nitrogens with one attached hydrogen (secondary N) is 2. The lowest BCUT2D eigenvalue weighted by Gasteiger charge is -2.31. The molecule has 3 unspecified atom stereocenters. The van der Waals surface area contributed by atoms with Crippen molar-refractivity contribution in [1.82, 2.24) is 10.6 Å². The Bertz CT molecular complexity index is 338. The largest absolute Gasteiger partial charge is 0.369 e. The molecule has 4 N–H and O–H groups in total. The Morgan fingerprint density at radius 1 is 1.30 bits per heavy atom. The van der Waals surface area contributed by atoms with Gasteiger partial charge in [-0.1, -0.05) is 12.8 Å². The molecular weight excluding hydrogens is 298 g/mol. The van der Waals surface area contributed by atoms with E-state index in [-0.39, 0.29) is 42.2 Å². The molecule has 2 aliphatic rings. The highest BCUT2D eigenvalue weighted by Crippen LogP contribution is 2.24. The Morgan fingerprint density at radius 2 is 2.05 bits per heavy atom. The van der Waals surface area contributed by atoms with E-state index in [1.54, 1.807) is 0 Å². The van der Waals surface area contributed by atoms with E-state index in [1.165, 1.54) is 0 Å². The molecule has 0 radical (unpaired) electrons. The highest BCUT2D eigenvalue weighted by Gasteiger charge is 2.30. The molecular formula is C13H24ClN3O2S. The van der Waals surface area contributed by atoms with Crippen LogP contribution in [0.3, 0.4) is 0 Å². The summed E-state index contributed by atoms with van der Waals surface area (Å²) in [6, 6.07) is 0.198. The van der Waals surface area contributed by atoms with Crippen molar-refractivity contribution in [1.29, 1.82) is 0 Å². The molecule has 3 atom stereocenters. The number of rotatable bonds is 4. The zero-order valence-electron chi connectivity index (χ0n) is 11.6. The first-order chi connectivity index (χ1) is 9.16. The van der Waals surface area contributed by atoms with Gasteiger partial charge in [0.2, 0.25) is 11.8 Å². The van der Waals surface area contributed by atoms with Gasteiger partial charge < -0.3 is 16.4 Å². The van der Waals surface area contributed by atoms with Crippen LogP contribution in [-0.2, 0) is 9.59 Å². The van der Waals surface area contributed by atoms with Gasteiger partial charge in [0.1, 0.15) is 0 Å². The van der Waals surface area contributed by atoms with Crippen molar-refractivity contribution in [3.05, 3.63) is 0 Å². The van der Waals surface area contributed by atoms with E-state index in [4.69, 9.17) is 5.73 Å². The maximum atomic E-state index is 12.0. The van der Waals surface area contributed by atoms with Crippen LogP contribution in [0, 0.1) is 5.92 Å². The number of halogens is 1. The monoisotopic (exact) mass is 321 g/mol. The van der Waals surface area contributed by atoms with Gasteiger partial charge in [-0.25, -0.2) is 0 Å². The second kappa shape index (κ2) is 8.74. The number of hydrogen-bond donors (Lipinski definition) is 3. The van der Waals surface area contributed by atoms with Gasteiger partial charge in [0.05, 0.1) is 5.92 Å². The lowest BCUT2D eigenvalue weighted by molar-refractivity contribution is -0.126. The van der Waals surface area contributed by atoms with Crippen molar-refractivity contribution in [2.45, 2.75) is 44.2 Å². The molecule has 2 amide bonds. The summed E-state index contributed by atoms with van der Waals surface area (Å²) in [6.45, 7) is 0.968. The van der Waals surface area contributed by atoms with Gasteiger partial charge in [-0.15, -0.1) is 12.4 Å². The van der Waals surface area contributed by atoms with Crippen molar-refractivity contribution in [3.63, 3.8) is 0 Å². The van der Waals surface area contributed by atoms with E-state index in [0.717, 1.165) is 43.7 Å². The molecule has 0 spiro atoms. The van der Waals surface area contributed by atoms with Gasteiger partial charge in [-0.2, -0.15) is 11.8 Å². The maximum Gasteiger partial charge on any atom is 0.222 e. The fourth-order valence-corrected chi connectivity index (χ4v) is 3.83. The minimum Gasteiger partial charge on any atom is -0.369 e. The second-order valence-electron chi connectivity index (χ2n) is 5.40. The quantitative estimate of drug-likeness (QED) is 0.710. The van der Waals surface area contributed by atoms with E-state index in [0.29, 0.717) is 6.42 Å². The van der Waals surface area contributed by atoms with Gasteiger partial charge >= 0.3 is 0 Å². The first-order valence-corrected chi connectivity index (χ1v) is 8.22. The average molecular weight is 322 g/mol. The molecule has 2 rings (SSSR count). The summed E-state index contributed by atoms with van der Waals surface area (Å²) in [4.78, 5) is 23.4. The van der Waals surface area contributed by atoms with Crippen LogP contribution in [-0.4, -0.2) is 41.9 Å². The van der Waals surface area contributed by atoms with Crippen molar-refractivity contribution < 1.29 is 9.59 Å². The first-order valence-electron chi connectivity index (χ1n) is 7.06. The summed E-state index contributed by atoms with van der Waals surface area (Å²) >= 11 is 1.88. The zero-order valence-corrected chi connectivity index (χ0v) is 13.2. The van der Waals surface area contributed by atoms with Crippen molar-refractivity contribution in [3.8, 4) is 0 Å². The van der Waals surface area contributed by atoms with Gasteiger partial charge in [0, 0.05) is 36.6 Å². The summed E-state index contributed by atoms with van der Waals surface area (Å²) in [5.74, 6) is 1.67. The molecule has 5 nitrogen and oxygen atoms in total. The fraction of sp³-hybridized carbons (Fsp3) is 0.846. The maximum absolute atomic E-state index is 12.0. The Hall–Kier alpha value is -0.460. The lowest BCUT2D eigenvalue weighted by Crippen LogP contribution is -2.49. The smallest absolute Gasteiger partial charge is 0.222 e. The molecule has 1 heterocycles. The minimum atomic E-state index is -0.281. The van der Waals surface area contributed by atoms with Crippen LogP contribution in [0.15, 0.2) is 0 Å². The summed E-state index contributed by atoms with van der Waals surface area (Å²) in [5, 5.41) is 6.36. The lowest BCUT2D eigenvalue weighted by atomic mass is 9.84. The van der Waals surface area contributed by atoms with Gasteiger partial charge in [-0.05, 0) is 12.8 Å². The molecule has 0 aromatic rings. The summed E-state index contributed by atoms with van der Waals surface area (Å²) < 4.78 is 0. The van der Waals surface area contributed by atoms with Crippen LogP contribution in [0.2, 0.25) is 0 Å². The van der Waals surface area contributed by atoms with Crippen molar-refractivity contribution in [2.24, 2.45) is 11.7 Å². The third kappa shape index (κ3) is 5.14. The highest BCUT2D eigenvalue weighted by molar-refractivity contribution is 7.99. The number of carbonyl (C=O) groups excluding carboxylic acids is 2. The van der Waals surface area contributed by atoms with E-state index in [9.17, 15) is 9.59 Å². The number of carbonyl (C=O) groups is 2. The Labute approximate surface area is 130 Å². The summed E-state index contributed by atoms with van der Waals surface area (Å²) in [5.41, 5.74) is 5.41. The summed E-state index contributed by atoms with van der Waals surface area (Å²) in [7, 11) is 0. The SMILES string of the molecule is Cl.NC(=O)C1CCCCC1NC(=O)CC1CSCCN1. The molecule has 0 aromatic carbocycles. The molecule has 7 heteroatoms. The van der Waals surface area contributed by atoms with Crippen LogP contribution in [0.1, 0.15) is 32.1 Å². The van der Waals surface area contributed by atoms with E-state index >= 15 is 0 Å². The van der Waals surface area contributed by atoms with Crippen LogP contribution in [0.25, 0.3) is 0 Å². The van der Waals surface area contributed by atoms with E-state index in [2.05, 4.69) is 10.6 Å². The predicted octanol–water partition coefficient (Wildman–Crippen LogP) is 0.664.